The normalized spacial score (nSPS) is 17.8. The Balaban J connectivity index is 1.29. The molecule has 5 N–H and O–H groups in total. The number of amides is 2. The van der Waals surface area contributed by atoms with Crippen LogP contribution in [0.4, 0.5) is 5.69 Å². The Labute approximate surface area is 226 Å². The van der Waals surface area contributed by atoms with Crippen LogP contribution in [-0.2, 0) is 16.0 Å². The van der Waals surface area contributed by atoms with Gasteiger partial charge >= 0.3 is 0 Å². The highest BCUT2D eigenvalue weighted by atomic mass is 16.2. The lowest BCUT2D eigenvalue weighted by Gasteiger charge is -2.28. The van der Waals surface area contributed by atoms with Crippen LogP contribution in [0.3, 0.4) is 0 Å². The van der Waals surface area contributed by atoms with Crippen molar-refractivity contribution in [3.63, 3.8) is 0 Å². The Morgan fingerprint density at radius 3 is 2.33 bits per heavy atom. The summed E-state index contributed by atoms with van der Waals surface area (Å²) in [5.41, 5.74) is 10.2. The van der Waals surface area contributed by atoms with E-state index in [0.29, 0.717) is 30.4 Å². The van der Waals surface area contributed by atoms with E-state index in [2.05, 4.69) is 36.2 Å². The number of H-pyrrole nitrogens is 1. The monoisotopic (exact) mass is 524 g/mol. The molecular formula is C29H32N8O2. The van der Waals surface area contributed by atoms with Crippen molar-refractivity contribution in [1.29, 1.82) is 0 Å². The van der Waals surface area contributed by atoms with Gasteiger partial charge in [0.15, 0.2) is 0 Å². The fourth-order valence-corrected chi connectivity index (χ4v) is 4.98. The minimum Gasteiger partial charge on any atom is -0.344 e. The van der Waals surface area contributed by atoms with E-state index in [1.54, 1.807) is 30.5 Å². The lowest BCUT2D eigenvalue weighted by molar-refractivity contribution is -0.130. The smallest absolute Gasteiger partial charge is 0.247 e. The van der Waals surface area contributed by atoms with Crippen LogP contribution in [0.2, 0.25) is 0 Å². The van der Waals surface area contributed by atoms with Gasteiger partial charge in [0.2, 0.25) is 17.6 Å². The summed E-state index contributed by atoms with van der Waals surface area (Å²) in [6.07, 6.45) is 7.38. The molecule has 2 aromatic carbocycles. The molecule has 1 aliphatic rings. The van der Waals surface area contributed by atoms with Gasteiger partial charge in [-0.1, -0.05) is 30.3 Å². The van der Waals surface area contributed by atoms with E-state index in [4.69, 9.17) is 5.73 Å². The third kappa shape index (κ3) is 6.71. The molecule has 10 nitrogen and oxygen atoms in total. The Morgan fingerprint density at radius 1 is 0.949 bits per heavy atom. The van der Waals surface area contributed by atoms with E-state index in [0.717, 1.165) is 47.9 Å². The number of aromatic nitrogens is 5. The van der Waals surface area contributed by atoms with Crippen molar-refractivity contribution in [3.05, 3.63) is 78.6 Å². The van der Waals surface area contributed by atoms with E-state index >= 15 is 0 Å². The molecule has 2 aromatic heterocycles. The van der Waals surface area contributed by atoms with Gasteiger partial charge in [-0.3, -0.25) is 14.6 Å². The van der Waals surface area contributed by atoms with Crippen LogP contribution in [0, 0.1) is 11.8 Å². The number of tetrazole rings is 1. The Kier molecular flexibility index (Phi) is 8.33. The molecule has 4 aromatic rings. The average Bonchev–Trinajstić information content (AvgIpc) is 3.53. The van der Waals surface area contributed by atoms with Crippen LogP contribution in [-0.4, -0.2) is 50.0 Å². The zero-order valence-electron chi connectivity index (χ0n) is 21.6. The quantitative estimate of drug-likeness (QED) is 0.262. The van der Waals surface area contributed by atoms with Crippen LogP contribution in [0.1, 0.15) is 31.2 Å². The maximum atomic E-state index is 13.4. The Hall–Kier alpha value is -4.44. The first-order valence-electron chi connectivity index (χ1n) is 13.2. The van der Waals surface area contributed by atoms with Gasteiger partial charge in [-0.05, 0) is 90.4 Å². The molecule has 1 saturated carbocycles. The second-order valence-corrected chi connectivity index (χ2v) is 9.96. The summed E-state index contributed by atoms with van der Waals surface area (Å²) in [7, 11) is 0. The fraction of sp³-hybridized carbons (Fsp3) is 0.310. The summed E-state index contributed by atoms with van der Waals surface area (Å²) in [5.74, 6) is 0.483. The molecule has 1 fully saturated rings. The summed E-state index contributed by atoms with van der Waals surface area (Å²) in [6, 6.07) is 18.3. The SMILES string of the molecule is NCC1CCC(C(=O)NC(Cc2ccc(-c3cccnc3)cc2)C(=O)Nc2ccc(-c3nn[nH]n3)cc2)CC1. The molecule has 200 valence electrons. The molecule has 10 heteroatoms. The molecule has 0 spiro atoms. The summed E-state index contributed by atoms with van der Waals surface area (Å²) >= 11 is 0. The van der Waals surface area contributed by atoms with Gasteiger partial charge in [0.05, 0.1) is 0 Å². The number of pyridine rings is 1. The zero-order chi connectivity index (χ0) is 27.0. The first kappa shape index (κ1) is 26.2. The largest absolute Gasteiger partial charge is 0.344 e. The minimum absolute atomic E-state index is 0.0787. The second-order valence-electron chi connectivity index (χ2n) is 9.96. The highest BCUT2D eigenvalue weighted by Gasteiger charge is 2.29. The second kappa shape index (κ2) is 12.4. The number of rotatable bonds is 9. The summed E-state index contributed by atoms with van der Waals surface area (Å²) in [5, 5.41) is 19.9. The van der Waals surface area contributed by atoms with E-state index in [1.807, 2.05) is 42.6 Å². The molecule has 0 aliphatic heterocycles. The van der Waals surface area contributed by atoms with E-state index in [-0.39, 0.29) is 17.7 Å². The zero-order valence-corrected chi connectivity index (χ0v) is 21.6. The fourth-order valence-electron chi connectivity index (χ4n) is 4.98. The third-order valence-electron chi connectivity index (χ3n) is 7.33. The molecule has 0 radical (unpaired) electrons. The van der Waals surface area contributed by atoms with Gasteiger partial charge in [0.25, 0.3) is 0 Å². The number of nitrogens with one attached hydrogen (secondary N) is 3. The lowest BCUT2D eigenvalue weighted by atomic mass is 9.81. The van der Waals surface area contributed by atoms with Gasteiger partial charge in [-0.25, -0.2) is 0 Å². The Morgan fingerprint density at radius 2 is 1.69 bits per heavy atom. The van der Waals surface area contributed by atoms with Crippen molar-refractivity contribution in [1.82, 2.24) is 30.9 Å². The van der Waals surface area contributed by atoms with Crippen LogP contribution in [0.25, 0.3) is 22.5 Å². The number of hydrogen-bond acceptors (Lipinski definition) is 7. The lowest BCUT2D eigenvalue weighted by Crippen LogP contribution is -2.48. The molecule has 0 bridgehead atoms. The van der Waals surface area contributed by atoms with E-state index < -0.39 is 6.04 Å². The van der Waals surface area contributed by atoms with Gasteiger partial charge < -0.3 is 16.4 Å². The van der Waals surface area contributed by atoms with E-state index in [9.17, 15) is 9.59 Å². The van der Waals surface area contributed by atoms with Crippen molar-refractivity contribution in [2.45, 2.75) is 38.1 Å². The van der Waals surface area contributed by atoms with Crippen molar-refractivity contribution < 1.29 is 9.59 Å². The summed E-state index contributed by atoms with van der Waals surface area (Å²) in [6.45, 7) is 0.653. The minimum atomic E-state index is -0.731. The first-order chi connectivity index (χ1) is 19.1. The van der Waals surface area contributed by atoms with Gasteiger partial charge in [-0.2, -0.15) is 5.21 Å². The van der Waals surface area contributed by atoms with Crippen molar-refractivity contribution in [2.75, 3.05) is 11.9 Å². The molecule has 1 atom stereocenters. The van der Waals surface area contributed by atoms with Crippen LogP contribution in [0.5, 0.6) is 0 Å². The van der Waals surface area contributed by atoms with Crippen LogP contribution >= 0.6 is 0 Å². The molecule has 2 heterocycles. The number of carbonyl (C=O) groups excluding carboxylic acids is 2. The first-order valence-corrected chi connectivity index (χ1v) is 13.2. The number of anilines is 1. The van der Waals surface area contributed by atoms with Gasteiger partial charge in [-0.15, -0.1) is 10.2 Å². The predicted octanol–water partition coefficient (Wildman–Crippen LogP) is 3.36. The maximum Gasteiger partial charge on any atom is 0.247 e. The number of carbonyl (C=O) groups is 2. The molecule has 5 rings (SSSR count). The summed E-state index contributed by atoms with van der Waals surface area (Å²) in [4.78, 5) is 30.8. The number of nitrogens with two attached hydrogens (primary N) is 1. The van der Waals surface area contributed by atoms with Crippen molar-refractivity contribution >= 4 is 17.5 Å². The molecular weight excluding hydrogens is 492 g/mol. The number of hydrogen-bond donors (Lipinski definition) is 4. The highest BCUT2D eigenvalue weighted by molar-refractivity contribution is 5.97. The number of nitrogens with zero attached hydrogens (tertiary/aromatic N) is 4. The van der Waals surface area contributed by atoms with Crippen LogP contribution in [0.15, 0.2) is 73.1 Å². The molecule has 39 heavy (non-hydrogen) atoms. The van der Waals surface area contributed by atoms with Crippen molar-refractivity contribution in [3.8, 4) is 22.5 Å². The molecule has 1 aliphatic carbocycles. The topological polar surface area (TPSA) is 152 Å². The third-order valence-corrected chi connectivity index (χ3v) is 7.33. The van der Waals surface area contributed by atoms with Gasteiger partial charge in [0, 0.05) is 36.0 Å². The number of aromatic amines is 1. The number of benzene rings is 2. The predicted molar refractivity (Wildman–Crippen MR) is 148 cm³/mol. The van der Waals surface area contributed by atoms with Gasteiger partial charge in [0.1, 0.15) is 6.04 Å². The standard InChI is InChI=1S/C29H32N8O2/c30-17-20-5-9-23(10-6-20)28(38)33-26(16-19-3-7-21(8-4-19)24-2-1-15-31-18-24)29(39)32-25-13-11-22(12-14-25)27-34-36-37-35-27/h1-4,7-8,11-15,18,20,23,26H,5-6,9-10,16-17,30H2,(H,32,39)(H,33,38)(H,34,35,36,37). The maximum absolute atomic E-state index is 13.4. The van der Waals surface area contributed by atoms with Crippen LogP contribution < -0.4 is 16.4 Å². The summed E-state index contributed by atoms with van der Waals surface area (Å²) < 4.78 is 0. The molecule has 1 unspecified atom stereocenters. The molecule has 0 saturated heterocycles. The molecule has 2 amide bonds. The highest BCUT2D eigenvalue weighted by Crippen LogP contribution is 2.28. The average molecular weight is 525 g/mol. The van der Waals surface area contributed by atoms with E-state index in [1.165, 1.54) is 0 Å². The van der Waals surface area contributed by atoms with Crippen molar-refractivity contribution in [2.24, 2.45) is 17.6 Å². The Bertz CT molecular complexity index is 1350.